The van der Waals surface area contributed by atoms with Crippen molar-refractivity contribution < 1.29 is 27.4 Å². The van der Waals surface area contributed by atoms with Gasteiger partial charge in [-0.15, -0.1) is 0 Å². The van der Waals surface area contributed by atoms with Crippen molar-refractivity contribution in [2.24, 2.45) is 0 Å². The fraction of sp³-hybridized carbons (Fsp3) is 0.562. The Morgan fingerprint density at radius 1 is 1.21 bits per heavy atom. The van der Waals surface area contributed by atoms with E-state index >= 15 is 0 Å². The summed E-state index contributed by atoms with van der Waals surface area (Å²) in [6, 6.07) is 3.08. The van der Waals surface area contributed by atoms with Crippen LogP contribution in [0.4, 0.5) is 0 Å². The van der Waals surface area contributed by atoms with Crippen molar-refractivity contribution in [2.75, 3.05) is 27.1 Å². The maximum absolute atomic E-state index is 12.3. The largest absolute Gasteiger partial charge is 0.493 e. The molecule has 0 aliphatic rings. The molecule has 0 bridgehead atoms. The second kappa shape index (κ2) is 8.89. The van der Waals surface area contributed by atoms with Gasteiger partial charge in [0.15, 0.2) is 11.5 Å². The summed E-state index contributed by atoms with van der Waals surface area (Å²) in [6.45, 7) is 4.39. The summed E-state index contributed by atoms with van der Waals surface area (Å²) in [5.74, 6) is 0.0365. The summed E-state index contributed by atoms with van der Waals surface area (Å²) in [5.41, 5.74) is 0.701. The van der Waals surface area contributed by atoms with Crippen molar-refractivity contribution in [3.05, 3.63) is 23.3 Å². The number of carbonyl (C=O) groups is 1. The summed E-state index contributed by atoms with van der Waals surface area (Å²) in [6.07, 6.45) is 2.39. The average Bonchev–Trinajstić information content (AvgIpc) is 2.51. The quantitative estimate of drug-likeness (QED) is 0.680. The molecule has 0 aliphatic carbocycles. The molecule has 0 saturated heterocycles. The Morgan fingerprint density at radius 2 is 1.79 bits per heavy atom. The Kier molecular flexibility index (Phi) is 7.50. The number of methoxy groups -OCH3 is 2. The van der Waals surface area contributed by atoms with E-state index in [9.17, 15) is 13.2 Å². The molecule has 0 unspecified atom stereocenters. The lowest BCUT2D eigenvalue weighted by molar-refractivity contribution is 0.0622. The Morgan fingerprint density at radius 3 is 2.29 bits per heavy atom. The van der Waals surface area contributed by atoms with E-state index in [1.165, 1.54) is 20.3 Å². The molecule has 24 heavy (non-hydrogen) atoms. The first-order valence-electron chi connectivity index (χ1n) is 7.63. The first-order chi connectivity index (χ1) is 11.2. The van der Waals surface area contributed by atoms with Crippen LogP contribution in [0.15, 0.2) is 12.1 Å². The molecule has 1 atom stereocenters. The van der Waals surface area contributed by atoms with E-state index in [4.69, 9.17) is 14.2 Å². The monoisotopic (exact) mass is 359 g/mol. The lowest BCUT2D eigenvalue weighted by Gasteiger charge is -2.19. The van der Waals surface area contributed by atoms with Crippen molar-refractivity contribution in [1.29, 1.82) is 0 Å². The third-order valence-electron chi connectivity index (χ3n) is 3.38. The maximum atomic E-state index is 12.3. The molecule has 136 valence electrons. The predicted octanol–water partition coefficient (Wildman–Crippen LogP) is 2.27. The molecule has 0 aliphatic heterocycles. The molecular formula is C16H25NO6S. The number of benzene rings is 1. The average molecular weight is 359 g/mol. The van der Waals surface area contributed by atoms with Crippen molar-refractivity contribution in [1.82, 2.24) is 4.72 Å². The summed E-state index contributed by atoms with van der Waals surface area (Å²) in [5, 5.41) is 0. The number of hydrogen-bond donors (Lipinski definition) is 1. The molecule has 0 fully saturated rings. The lowest BCUT2D eigenvalue weighted by atomic mass is 10.0. The fourth-order valence-electron chi connectivity index (χ4n) is 2.15. The SMILES string of the molecule is CCCCO[C@H](C)c1cc(OC)c(OC)cc1C(=O)NS(C)(=O)=O. The number of unbranched alkanes of at least 4 members (excludes halogenated alkanes) is 1. The standard InChI is InChI=1S/C16H25NO6S/c1-6-7-8-23-11(2)12-9-14(21-3)15(22-4)10-13(12)16(18)17-24(5,19)20/h9-11H,6-8H2,1-5H3,(H,17,18)/t11-/m1/s1. The number of amides is 1. The van der Waals surface area contributed by atoms with E-state index in [-0.39, 0.29) is 5.56 Å². The Bertz CT molecular complexity index is 671. The minimum absolute atomic E-state index is 0.169. The molecule has 1 rings (SSSR count). The van der Waals surface area contributed by atoms with Gasteiger partial charge in [-0.1, -0.05) is 13.3 Å². The summed E-state index contributed by atoms with van der Waals surface area (Å²) < 4.78 is 40.9. The molecular weight excluding hydrogens is 334 g/mol. The molecule has 0 spiro atoms. The Balaban J connectivity index is 3.28. The zero-order chi connectivity index (χ0) is 18.3. The molecule has 1 amide bonds. The summed E-state index contributed by atoms with van der Waals surface area (Å²) in [7, 11) is -0.755. The first-order valence-corrected chi connectivity index (χ1v) is 9.52. The van der Waals surface area contributed by atoms with Gasteiger partial charge in [0.2, 0.25) is 10.0 Å². The zero-order valence-electron chi connectivity index (χ0n) is 14.7. The third-order valence-corrected chi connectivity index (χ3v) is 3.94. The van der Waals surface area contributed by atoms with Crippen molar-refractivity contribution in [3.63, 3.8) is 0 Å². The van der Waals surface area contributed by atoms with Crippen LogP contribution in [-0.4, -0.2) is 41.4 Å². The highest BCUT2D eigenvalue weighted by atomic mass is 32.2. The van der Waals surface area contributed by atoms with E-state index in [0.717, 1.165) is 19.1 Å². The van der Waals surface area contributed by atoms with Crippen molar-refractivity contribution >= 4 is 15.9 Å². The predicted molar refractivity (Wildman–Crippen MR) is 91.1 cm³/mol. The van der Waals surface area contributed by atoms with Gasteiger partial charge in [0.1, 0.15) is 0 Å². The minimum Gasteiger partial charge on any atom is -0.493 e. The molecule has 0 saturated carbocycles. The molecule has 8 heteroatoms. The number of hydrogen-bond acceptors (Lipinski definition) is 6. The lowest BCUT2D eigenvalue weighted by Crippen LogP contribution is -2.30. The molecule has 0 radical (unpaired) electrons. The molecule has 0 aromatic heterocycles. The van der Waals surface area contributed by atoms with E-state index in [2.05, 4.69) is 6.92 Å². The fourth-order valence-corrected chi connectivity index (χ4v) is 2.59. The smallest absolute Gasteiger partial charge is 0.265 e. The number of ether oxygens (including phenoxy) is 3. The number of sulfonamides is 1. The molecule has 0 heterocycles. The van der Waals surface area contributed by atoms with Crippen LogP contribution in [0.1, 0.15) is 48.7 Å². The van der Waals surface area contributed by atoms with E-state index in [1.807, 2.05) is 4.72 Å². The van der Waals surface area contributed by atoms with Crippen molar-refractivity contribution in [2.45, 2.75) is 32.8 Å². The second-order valence-electron chi connectivity index (χ2n) is 5.36. The summed E-state index contributed by atoms with van der Waals surface area (Å²) >= 11 is 0. The normalized spacial score (nSPS) is 12.5. The number of rotatable bonds is 9. The summed E-state index contributed by atoms with van der Waals surface area (Å²) in [4.78, 5) is 12.3. The Labute approximate surface area is 143 Å². The minimum atomic E-state index is -3.68. The van der Waals surface area contributed by atoms with Gasteiger partial charge in [-0.2, -0.15) is 0 Å². The maximum Gasteiger partial charge on any atom is 0.265 e. The van der Waals surface area contributed by atoms with Gasteiger partial charge in [-0.3, -0.25) is 4.79 Å². The molecule has 7 nitrogen and oxygen atoms in total. The van der Waals surface area contributed by atoms with Gasteiger partial charge in [0.25, 0.3) is 5.91 Å². The van der Waals surface area contributed by atoms with E-state index in [0.29, 0.717) is 23.7 Å². The topological polar surface area (TPSA) is 90.9 Å². The van der Waals surface area contributed by atoms with Gasteiger partial charge in [0.05, 0.1) is 32.1 Å². The van der Waals surface area contributed by atoms with Gasteiger partial charge in [-0.05, 0) is 31.0 Å². The van der Waals surface area contributed by atoms with Crippen LogP contribution in [0.2, 0.25) is 0 Å². The van der Waals surface area contributed by atoms with Crippen LogP contribution in [0.5, 0.6) is 11.5 Å². The molecule has 1 aromatic rings. The van der Waals surface area contributed by atoms with Crippen LogP contribution < -0.4 is 14.2 Å². The zero-order valence-corrected chi connectivity index (χ0v) is 15.5. The van der Waals surface area contributed by atoms with Crippen LogP contribution >= 0.6 is 0 Å². The van der Waals surface area contributed by atoms with Crippen molar-refractivity contribution in [3.8, 4) is 11.5 Å². The van der Waals surface area contributed by atoms with Crippen LogP contribution in [0, 0.1) is 0 Å². The highest BCUT2D eigenvalue weighted by Crippen LogP contribution is 2.34. The van der Waals surface area contributed by atoms with E-state index in [1.54, 1.807) is 13.0 Å². The molecule has 1 N–H and O–H groups in total. The van der Waals surface area contributed by atoms with Crippen LogP contribution in [0.3, 0.4) is 0 Å². The van der Waals surface area contributed by atoms with Gasteiger partial charge in [0, 0.05) is 6.61 Å². The number of carbonyl (C=O) groups excluding carboxylic acids is 1. The van der Waals surface area contributed by atoms with Gasteiger partial charge >= 0.3 is 0 Å². The van der Waals surface area contributed by atoms with Gasteiger partial charge < -0.3 is 14.2 Å². The Hall–Kier alpha value is -1.80. The third kappa shape index (κ3) is 5.68. The number of nitrogens with one attached hydrogen (secondary N) is 1. The highest BCUT2D eigenvalue weighted by molar-refractivity contribution is 7.89. The second-order valence-corrected chi connectivity index (χ2v) is 7.11. The highest BCUT2D eigenvalue weighted by Gasteiger charge is 2.22. The molecule has 1 aromatic carbocycles. The van der Waals surface area contributed by atoms with Crippen LogP contribution in [-0.2, 0) is 14.8 Å². The van der Waals surface area contributed by atoms with E-state index < -0.39 is 22.0 Å². The van der Waals surface area contributed by atoms with Crippen LogP contribution in [0.25, 0.3) is 0 Å². The first kappa shape index (κ1) is 20.2. The van der Waals surface area contributed by atoms with Gasteiger partial charge in [-0.25, -0.2) is 13.1 Å².